The molecule has 1 unspecified atom stereocenters. The van der Waals surface area contributed by atoms with Crippen molar-refractivity contribution in [3.63, 3.8) is 0 Å². The lowest BCUT2D eigenvalue weighted by molar-refractivity contribution is -0.148. The van der Waals surface area contributed by atoms with Gasteiger partial charge in [-0.3, -0.25) is 29.0 Å². The fourth-order valence-electron chi connectivity index (χ4n) is 3.10. The van der Waals surface area contributed by atoms with Gasteiger partial charge in [0.25, 0.3) is 5.78 Å². The third kappa shape index (κ3) is 3.25. The molecule has 0 bridgehead atoms. The number of nitrogens with zero attached hydrogens (tertiary/aromatic N) is 2. The number of anilines is 1. The van der Waals surface area contributed by atoms with Crippen molar-refractivity contribution in [1.82, 2.24) is 10.2 Å². The number of carbonyl (C=O) groups is 4. The van der Waals surface area contributed by atoms with Crippen molar-refractivity contribution in [2.75, 3.05) is 31.3 Å². The van der Waals surface area contributed by atoms with Crippen LogP contribution in [0, 0.1) is 0 Å². The predicted octanol–water partition coefficient (Wildman–Crippen LogP) is -0.0730. The highest BCUT2D eigenvalue weighted by Crippen LogP contribution is 2.29. The van der Waals surface area contributed by atoms with E-state index in [1.807, 2.05) is 0 Å². The molecule has 0 spiro atoms. The van der Waals surface area contributed by atoms with Gasteiger partial charge in [-0.1, -0.05) is 12.1 Å². The molecule has 0 aromatic heterocycles. The van der Waals surface area contributed by atoms with Crippen LogP contribution >= 0.6 is 0 Å². The number of para-hydroxylation sites is 1. The molecule has 25 heavy (non-hydrogen) atoms. The highest BCUT2D eigenvalue weighted by atomic mass is 16.5. The van der Waals surface area contributed by atoms with E-state index in [9.17, 15) is 19.2 Å². The van der Waals surface area contributed by atoms with Crippen LogP contribution < -0.4 is 10.2 Å². The van der Waals surface area contributed by atoms with Gasteiger partial charge in [0.05, 0.1) is 30.9 Å². The minimum Gasteiger partial charge on any atom is -0.466 e. The van der Waals surface area contributed by atoms with Crippen LogP contribution in [0.1, 0.15) is 23.7 Å². The Labute approximate surface area is 144 Å². The highest BCUT2D eigenvalue weighted by molar-refractivity contribution is 6.52. The summed E-state index contributed by atoms with van der Waals surface area (Å²) in [6, 6.07) is 6.02. The minimum atomic E-state index is -0.733. The van der Waals surface area contributed by atoms with E-state index in [1.165, 1.54) is 4.90 Å². The molecule has 2 heterocycles. The summed E-state index contributed by atoms with van der Waals surface area (Å²) in [6.07, 6.45) is -0.0999. The second-order valence-corrected chi connectivity index (χ2v) is 5.85. The number of Topliss-reactive ketones (excluding diaryl/α,β-unsaturated/α-hetero) is 1. The van der Waals surface area contributed by atoms with Crippen LogP contribution in [-0.2, 0) is 19.1 Å². The third-order valence-corrected chi connectivity index (χ3v) is 4.31. The van der Waals surface area contributed by atoms with Gasteiger partial charge in [0.15, 0.2) is 0 Å². The van der Waals surface area contributed by atoms with Crippen molar-refractivity contribution in [2.24, 2.45) is 0 Å². The second kappa shape index (κ2) is 7.02. The number of piperazine rings is 1. The Morgan fingerprint density at radius 3 is 2.80 bits per heavy atom. The Morgan fingerprint density at radius 1 is 1.28 bits per heavy atom. The van der Waals surface area contributed by atoms with E-state index in [0.29, 0.717) is 24.3 Å². The number of ether oxygens (including phenoxy) is 1. The number of esters is 1. The van der Waals surface area contributed by atoms with Crippen molar-refractivity contribution in [1.29, 1.82) is 0 Å². The normalized spacial score (nSPS) is 20.4. The minimum absolute atomic E-state index is 0.0685. The average molecular weight is 345 g/mol. The standard InChI is InChI=1S/C17H19N3O5/c1-2-25-14(21)9-13-16(23)18-7-8-19(13)10-20-12-6-4-3-5-11(12)15(22)17(20)24/h3-6,13H,2,7-10H2,1H3,(H,18,23). The Balaban J connectivity index is 1.80. The van der Waals surface area contributed by atoms with Gasteiger partial charge in [-0.05, 0) is 19.1 Å². The summed E-state index contributed by atoms with van der Waals surface area (Å²) >= 11 is 0. The lowest BCUT2D eigenvalue weighted by Crippen LogP contribution is -2.59. The smallest absolute Gasteiger partial charge is 0.307 e. The summed E-state index contributed by atoms with van der Waals surface area (Å²) in [7, 11) is 0. The maximum Gasteiger partial charge on any atom is 0.307 e. The topological polar surface area (TPSA) is 96.0 Å². The third-order valence-electron chi connectivity index (χ3n) is 4.31. The zero-order valence-electron chi connectivity index (χ0n) is 13.9. The van der Waals surface area contributed by atoms with Crippen LogP contribution in [0.25, 0.3) is 0 Å². The Morgan fingerprint density at radius 2 is 2.04 bits per heavy atom. The van der Waals surface area contributed by atoms with E-state index in [2.05, 4.69) is 5.32 Å². The van der Waals surface area contributed by atoms with Gasteiger partial charge in [-0.2, -0.15) is 0 Å². The first-order valence-electron chi connectivity index (χ1n) is 8.15. The molecule has 2 amide bonds. The molecular formula is C17H19N3O5. The van der Waals surface area contributed by atoms with Crippen LogP contribution in [0.3, 0.4) is 0 Å². The van der Waals surface area contributed by atoms with Crippen molar-refractivity contribution in [2.45, 2.75) is 19.4 Å². The van der Waals surface area contributed by atoms with Gasteiger partial charge in [-0.15, -0.1) is 0 Å². The number of ketones is 1. The van der Waals surface area contributed by atoms with Gasteiger partial charge in [0.1, 0.15) is 6.04 Å². The largest absolute Gasteiger partial charge is 0.466 e. The summed E-state index contributed by atoms with van der Waals surface area (Å²) < 4.78 is 4.93. The van der Waals surface area contributed by atoms with Gasteiger partial charge >= 0.3 is 11.9 Å². The molecule has 1 N–H and O–H groups in total. The van der Waals surface area contributed by atoms with Crippen LogP contribution in [0.5, 0.6) is 0 Å². The molecule has 3 rings (SSSR count). The van der Waals surface area contributed by atoms with E-state index in [1.54, 1.807) is 36.1 Å². The van der Waals surface area contributed by atoms with E-state index < -0.39 is 23.7 Å². The second-order valence-electron chi connectivity index (χ2n) is 5.85. The maximum atomic E-state index is 12.3. The molecule has 2 aliphatic heterocycles. The first-order chi connectivity index (χ1) is 12.0. The quantitative estimate of drug-likeness (QED) is 0.593. The molecule has 8 heteroatoms. The van der Waals surface area contributed by atoms with Crippen LogP contribution in [0.2, 0.25) is 0 Å². The molecule has 1 aromatic rings. The summed E-state index contributed by atoms with van der Waals surface area (Å²) in [4.78, 5) is 51.5. The molecule has 1 fully saturated rings. The molecule has 1 saturated heterocycles. The number of carbonyl (C=O) groups excluding carboxylic acids is 4. The summed E-state index contributed by atoms with van der Waals surface area (Å²) in [5.74, 6) is -1.94. The van der Waals surface area contributed by atoms with Crippen molar-refractivity contribution >= 4 is 29.3 Å². The first kappa shape index (κ1) is 17.1. The van der Waals surface area contributed by atoms with E-state index >= 15 is 0 Å². The van der Waals surface area contributed by atoms with Crippen molar-refractivity contribution in [3.8, 4) is 0 Å². The molecule has 8 nitrogen and oxygen atoms in total. The number of nitrogens with one attached hydrogen (secondary N) is 1. The zero-order valence-corrected chi connectivity index (χ0v) is 13.9. The molecule has 0 radical (unpaired) electrons. The van der Waals surface area contributed by atoms with Gasteiger partial charge < -0.3 is 10.1 Å². The average Bonchev–Trinajstić information content (AvgIpc) is 2.83. The molecule has 1 atom stereocenters. The van der Waals surface area contributed by atoms with E-state index in [0.717, 1.165) is 0 Å². The van der Waals surface area contributed by atoms with E-state index in [4.69, 9.17) is 4.74 Å². The monoisotopic (exact) mass is 345 g/mol. The number of amides is 2. The molecule has 1 aromatic carbocycles. The summed E-state index contributed by atoms with van der Waals surface area (Å²) in [5.41, 5.74) is 0.884. The Hall–Kier alpha value is -2.74. The summed E-state index contributed by atoms with van der Waals surface area (Å²) in [6.45, 7) is 2.88. The SMILES string of the molecule is CCOC(=O)CC1C(=O)NCCN1CN1C(=O)C(=O)c2ccccc21. The van der Waals surface area contributed by atoms with Gasteiger partial charge in [0, 0.05) is 13.1 Å². The van der Waals surface area contributed by atoms with Crippen LogP contribution in [0.4, 0.5) is 5.69 Å². The van der Waals surface area contributed by atoms with Crippen molar-refractivity contribution < 1.29 is 23.9 Å². The summed E-state index contributed by atoms with van der Waals surface area (Å²) in [5, 5.41) is 2.71. The fraction of sp³-hybridized carbons (Fsp3) is 0.412. The Kier molecular flexibility index (Phi) is 4.80. The van der Waals surface area contributed by atoms with E-state index in [-0.39, 0.29) is 25.6 Å². The maximum absolute atomic E-state index is 12.3. The number of fused-ring (bicyclic) bond motifs is 1. The molecule has 0 saturated carbocycles. The van der Waals surface area contributed by atoms with Crippen LogP contribution in [-0.4, -0.2) is 60.9 Å². The fourth-order valence-corrected chi connectivity index (χ4v) is 3.10. The Bertz CT molecular complexity index is 733. The van der Waals surface area contributed by atoms with Gasteiger partial charge in [-0.25, -0.2) is 0 Å². The lowest BCUT2D eigenvalue weighted by atomic mass is 10.1. The molecule has 132 valence electrons. The highest BCUT2D eigenvalue weighted by Gasteiger charge is 2.39. The van der Waals surface area contributed by atoms with Crippen LogP contribution in [0.15, 0.2) is 24.3 Å². The number of benzene rings is 1. The van der Waals surface area contributed by atoms with Gasteiger partial charge in [0.2, 0.25) is 5.91 Å². The van der Waals surface area contributed by atoms with Crippen molar-refractivity contribution in [3.05, 3.63) is 29.8 Å². The number of hydrogen-bond acceptors (Lipinski definition) is 6. The molecule has 2 aliphatic rings. The predicted molar refractivity (Wildman–Crippen MR) is 87.9 cm³/mol. The zero-order chi connectivity index (χ0) is 18.0. The molecule has 0 aliphatic carbocycles. The first-order valence-corrected chi connectivity index (χ1v) is 8.15. The number of hydrogen-bond donors (Lipinski definition) is 1. The number of rotatable bonds is 5. The lowest BCUT2D eigenvalue weighted by Gasteiger charge is -2.36. The molecular weight excluding hydrogens is 326 g/mol.